The first-order valence-corrected chi connectivity index (χ1v) is 6.38. The SMILES string of the molecule is CC(C)CC(=O)Nc1cc2c(cc1F)CCC(=O)N2. The lowest BCUT2D eigenvalue weighted by Gasteiger charge is -2.18. The zero-order valence-electron chi connectivity index (χ0n) is 11.0. The van der Waals surface area contributed by atoms with Crippen LogP contribution in [0.2, 0.25) is 0 Å². The van der Waals surface area contributed by atoms with Crippen molar-refractivity contribution in [3.8, 4) is 0 Å². The molecule has 0 aliphatic carbocycles. The normalized spacial score (nSPS) is 14.0. The predicted octanol–water partition coefficient (Wildman–Crippen LogP) is 2.70. The van der Waals surface area contributed by atoms with Crippen molar-refractivity contribution in [3.63, 3.8) is 0 Å². The van der Waals surface area contributed by atoms with E-state index in [2.05, 4.69) is 10.6 Å². The highest BCUT2D eigenvalue weighted by Crippen LogP contribution is 2.28. The number of carbonyl (C=O) groups excluding carboxylic acids is 2. The molecule has 1 aromatic rings. The molecule has 0 bridgehead atoms. The van der Waals surface area contributed by atoms with E-state index in [0.717, 1.165) is 5.56 Å². The van der Waals surface area contributed by atoms with Gasteiger partial charge in [0.05, 0.1) is 5.69 Å². The second-order valence-corrected chi connectivity index (χ2v) is 5.18. The number of hydrogen-bond donors (Lipinski definition) is 2. The molecule has 19 heavy (non-hydrogen) atoms. The van der Waals surface area contributed by atoms with E-state index in [0.29, 0.717) is 24.9 Å². The van der Waals surface area contributed by atoms with E-state index < -0.39 is 5.82 Å². The molecule has 1 aliphatic rings. The number of benzene rings is 1. The minimum absolute atomic E-state index is 0.0847. The van der Waals surface area contributed by atoms with Crippen LogP contribution in [0.25, 0.3) is 0 Å². The van der Waals surface area contributed by atoms with Crippen molar-refractivity contribution in [2.24, 2.45) is 5.92 Å². The van der Waals surface area contributed by atoms with Crippen LogP contribution in [0, 0.1) is 11.7 Å². The lowest BCUT2D eigenvalue weighted by Crippen LogP contribution is -2.20. The Kier molecular flexibility index (Phi) is 3.83. The largest absolute Gasteiger partial charge is 0.326 e. The molecular weight excluding hydrogens is 247 g/mol. The third-order valence-corrected chi connectivity index (χ3v) is 2.96. The molecule has 2 N–H and O–H groups in total. The third-order valence-electron chi connectivity index (χ3n) is 2.96. The summed E-state index contributed by atoms with van der Waals surface area (Å²) in [5.74, 6) is -0.568. The summed E-state index contributed by atoms with van der Waals surface area (Å²) >= 11 is 0. The number of nitrogens with one attached hydrogen (secondary N) is 2. The van der Waals surface area contributed by atoms with Gasteiger partial charge in [0.15, 0.2) is 0 Å². The van der Waals surface area contributed by atoms with Crippen LogP contribution in [-0.2, 0) is 16.0 Å². The van der Waals surface area contributed by atoms with Crippen LogP contribution in [-0.4, -0.2) is 11.8 Å². The molecule has 4 nitrogen and oxygen atoms in total. The second-order valence-electron chi connectivity index (χ2n) is 5.18. The molecule has 0 aromatic heterocycles. The lowest BCUT2D eigenvalue weighted by molar-refractivity contribution is -0.117. The van der Waals surface area contributed by atoms with Gasteiger partial charge in [-0.2, -0.15) is 0 Å². The zero-order valence-corrected chi connectivity index (χ0v) is 11.0. The van der Waals surface area contributed by atoms with Gasteiger partial charge in [-0.15, -0.1) is 0 Å². The van der Waals surface area contributed by atoms with Gasteiger partial charge in [-0.3, -0.25) is 9.59 Å². The molecule has 0 fully saturated rings. The van der Waals surface area contributed by atoms with E-state index in [-0.39, 0.29) is 23.4 Å². The number of amides is 2. The molecule has 0 radical (unpaired) electrons. The average Bonchev–Trinajstić information content (AvgIpc) is 2.29. The standard InChI is InChI=1S/C14H17FN2O2/c1-8(2)5-14(19)17-12-7-11-9(6-10(12)15)3-4-13(18)16-11/h6-8H,3-5H2,1-2H3,(H,16,18)(H,17,19). The summed E-state index contributed by atoms with van der Waals surface area (Å²) in [4.78, 5) is 22.9. The summed E-state index contributed by atoms with van der Waals surface area (Å²) in [5, 5.41) is 5.23. The van der Waals surface area contributed by atoms with E-state index in [9.17, 15) is 14.0 Å². The van der Waals surface area contributed by atoms with E-state index in [4.69, 9.17) is 0 Å². The van der Waals surface area contributed by atoms with Gasteiger partial charge in [0, 0.05) is 18.5 Å². The van der Waals surface area contributed by atoms with Gasteiger partial charge in [-0.25, -0.2) is 4.39 Å². The van der Waals surface area contributed by atoms with Gasteiger partial charge < -0.3 is 10.6 Å². The molecule has 0 spiro atoms. The van der Waals surface area contributed by atoms with E-state index in [1.165, 1.54) is 12.1 Å². The molecule has 0 saturated heterocycles. The quantitative estimate of drug-likeness (QED) is 0.881. The third kappa shape index (κ3) is 3.30. The van der Waals surface area contributed by atoms with Crippen LogP contribution in [0.3, 0.4) is 0 Å². The number of rotatable bonds is 3. The number of carbonyl (C=O) groups is 2. The zero-order chi connectivity index (χ0) is 14.0. The molecule has 0 saturated carbocycles. The van der Waals surface area contributed by atoms with Crippen molar-refractivity contribution in [1.82, 2.24) is 0 Å². The average molecular weight is 264 g/mol. The highest BCUT2D eigenvalue weighted by molar-refractivity contribution is 5.96. The van der Waals surface area contributed by atoms with Gasteiger partial charge in [0.1, 0.15) is 5.82 Å². The monoisotopic (exact) mass is 264 g/mol. The minimum atomic E-state index is -0.466. The molecule has 0 atom stereocenters. The highest BCUT2D eigenvalue weighted by Gasteiger charge is 2.18. The highest BCUT2D eigenvalue weighted by atomic mass is 19.1. The maximum Gasteiger partial charge on any atom is 0.224 e. The Morgan fingerprint density at radius 1 is 1.42 bits per heavy atom. The topological polar surface area (TPSA) is 58.2 Å². The molecule has 102 valence electrons. The maximum absolute atomic E-state index is 13.8. The minimum Gasteiger partial charge on any atom is -0.326 e. The van der Waals surface area contributed by atoms with Crippen LogP contribution in [0.5, 0.6) is 0 Å². The fraction of sp³-hybridized carbons (Fsp3) is 0.429. The van der Waals surface area contributed by atoms with E-state index in [1.807, 2.05) is 13.8 Å². The van der Waals surface area contributed by atoms with Gasteiger partial charge in [-0.1, -0.05) is 13.8 Å². The Bertz CT molecular complexity index is 526. The fourth-order valence-electron chi connectivity index (χ4n) is 2.07. The predicted molar refractivity (Wildman–Crippen MR) is 71.4 cm³/mol. The fourth-order valence-corrected chi connectivity index (χ4v) is 2.07. The van der Waals surface area contributed by atoms with Crippen LogP contribution in [0.4, 0.5) is 15.8 Å². The molecule has 2 rings (SSSR count). The molecule has 1 aromatic carbocycles. The Hall–Kier alpha value is -1.91. The van der Waals surface area contributed by atoms with Gasteiger partial charge in [-0.05, 0) is 30.0 Å². The lowest BCUT2D eigenvalue weighted by atomic mass is 10.0. The number of hydrogen-bond acceptors (Lipinski definition) is 2. The molecule has 2 amide bonds. The number of anilines is 2. The molecule has 5 heteroatoms. The maximum atomic E-state index is 13.8. The van der Waals surface area contributed by atoms with Crippen LogP contribution < -0.4 is 10.6 Å². The summed E-state index contributed by atoms with van der Waals surface area (Å²) in [7, 11) is 0. The summed E-state index contributed by atoms with van der Waals surface area (Å²) in [6.45, 7) is 3.84. The Labute approximate surface area is 111 Å². The van der Waals surface area contributed by atoms with Crippen molar-refractivity contribution in [2.45, 2.75) is 33.1 Å². The summed E-state index contributed by atoms with van der Waals surface area (Å²) in [6, 6.07) is 2.86. The number of fused-ring (bicyclic) bond motifs is 1. The summed E-state index contributed by atoms with van der Waals surface area (Å²) in [5.41, 5.74) is 1.46. The Morgan fingerprint density at radius 3 is 2.84 bits per heavy atom. The number of aryl methyl sites for hydroxylation is 1. The molecular formula is C14H17FN2O2. The first kappa shape index (κ1) is 13.5. The van der Waals surface area contributed by atoms with Gasteiger partial charge >= 0.3 is 0 Å². The summed E-state index contributed by atoms with van der Waals surface area (Å²) in [6.07, 6.45) is 1.23. The Balaban J connectivity index is 2.19. The van der Waals surface area contributed by atoms with Crippen molar-refractivity contribution < 1.29 is 14.0 Å². The van der Waals surface area contributed by atoms with Crippen LogP contribution >= 0.6 is 0 Å². The smallest absolute Gasteiger partial charge is 0.224 e. The van der Waals surface area contributed by atoms with E-state index in [1.54, 1.807) is 0 Å². The first-order valence-electron chi connectivity index (χ1n) is 6.38. The van der Waals surface area contributed by atoms with E-state index >= 15 is 0 Å². The van der Waals surface area contributed by atoms with Crippen molar-refractivity contribution in [2.75, 3.05) is 10.6 Å². The van der Waals surface area contributed by atoms with Gasteiger partial charge in [0.2, 0.25) is 11.8 Å². The van der Waals surface area contributed by atoms with Crippen LogP contribution in [0.15, 0.2) is 12.1 Å². The number of halogens is 1. The molecule has 1 heterocycles. The van der Waals surface area contributed by atoms with Crippen molar-refractivity contribution in [3.05, 3.63) is 23.5 Å². The van der Waals surface area contributed by atoms with Gasteiger partial charge in [0.25, 0.3) is 0 Å². The Morgan fingerprint density at radius 2 is 2.16 bits per heavy atom. The summed E-state index contributed by atoms with van der Waals surface area (Å²) < 4.78 is 13.8. The van der Waals surface area contributed by atoms with Crippen molar-refractivity contribution in [1.29, 1.82) is 0 Å². The van der Waals surface area contributed by atoms with Crippen molar-refractivity contribution >= 4 is 23.2 Å². The van der Waals surface area contributed by atoms with Crippen LogP contribution in [0.1, 0.15) is 32.3 Å². The molecule has 1 aliphatic heterocycles. The first-order chi connectivity index (χ1) is 8.95. The second kappa shape index (κ2) is 5.38. The molecule has 0 unspecified atom stereocenters.